The summed E-state index contributed by atoms with van der Waals surface area (Å²) in [6, 6.07) is -0.610. The highest BCUT2D eigenvalue weighted by Gasteiger charge is 2.14. The number of carbonyl (C=O) groups is 2. The van der Waals surface area contributed by atoms with Crippen LogP contribution in [0.2, 0.25) is 0 Å². The van der Waals surface area contributed by atoms with Gasteiger partial charge in [-0.15, -0.1) is 0 Å². The van der Waals surface area contributed by atoms with Crippen molar-refractivity contribution in [3.63, 3.8) is 0 Å². The molecule has 0 fully saturated rings. The van der Waals surface area contributed by atoms with Gasteiger partial charge in [0.15, 0.2) is 0 Å². The Labute approximate surface area is 118 Å². The van der Waals surface area contributed by atoms with Gasteiger partial charge < -0.3 is 21.1 Å². The molecule has 0 heterocycles. The lowest BCUT2D eigenvalue weighted by Gasteiger charge is -2.13. The molecule has 1 amide bonds. The summed E-state index contributed by atoms with van der Waals surface area (Å²) in [7, 11) is 0. The number of thiol groups is 2. The summed E-state index contributed by atoms with van der Waals surface area (Å²) in [5.74, 6) is 0.175. The van der Waals surface area contributed by atoms with Crippen LogP contribution in [-0.2, 0) is 9.59 Å². The first kappa shape index (κ1) is 17.6. The number of carboxylic acid groups (broad SMARTS) is 1. The van der Waals surface area contributed by atoms with Gasteiger partial charge in [-0.05, 0) is 12.2 Å². The third-order valence-electron chi connectivity index (χ3n) is 2.13. The summed E-state index contributed by atoms with van der Waals surface area (Å²) in [6.07, 6.45) is 0.454. The first-order chi connectivity index (χ1) is 8.61. The van der Waals surface area contributed by atoms with Gasteiger partial charge >= 0.3 is 5.97 Å². The minimum absolute atomic E-state index is 0.111. The van der Waals surface area contributed by atoms with Gasteiger partial charge in [0.2, 0.25) is 5.91 Å². The predicted molar refractivity (Wildman–Crippen MR) is 77.6 cm³/mol. The SMILES string of the molecule is O=C(CNCCS)NCCN[C@@H](CCS)C(=O)O. The standard InChI is InChI=1S/C10H21N3O3S2/c14-9(7-11-4-6-18)13-3-2-12-8(1-5-17)10(15)16/h8,11-12,17-18H,1-7H2,(H,13,14)(H,15,16)/t8-/m0/s1. The van der Waals surface area contributed by atoms with Crippen molar-refractivity contribution in [2.45, 2.75) is 12.5 Å². The quantitative estimate of drug-likeness (QED) is 0.217. The van der Waals surface area contributed by atoms with E-state index in [1.165, 1.54) is 0 Å². The number of aliphatic carboxylic acids is 1. The van der Waals surface area contributed by atoms with E-state index in [1.807, 2.05) is 0 Å². The van der Waals surface area contributed by atoms with Crippen molar-refractivity contribution in [3.05, 3.63) is 0 Å². The van der Waals surface area contributed by atoms with Crippen LogP contribution in [0.25, 0.3) is 0 Å². The van der Waals surface area contributed by atoms with Crippen LogP contribution in [0.5, 0.6) is 0 Å². The maximum Gasteiger partial charge on any atom is 0.320 e. The molecule has 0 aliphatic carbocycles. The van der Waals surface area contributed by atoms with Crippen LogP contribution in [0.4, 0.5) is 0 Å². The Bertz CT molecular complexity index is 255. The van der Waals surface area contributed by atoms with E-state index in [1.54, 1.807) is 0 Å². The molecular formula is C10H21N3O3S2. The number of rotatable bonds is 11. The summed E-state index contributed by atoms with van der Waals surface area (Å²) in [6.45, 7) is 1.75. The van der Waals surface area contributed by atoms with Gasteiger partial charge in [0.1, 0.15) is 6.04 Å². The fourth-order valence-corrected chi connectivity index (χ4v) is 1.65. The van der Waals surface area contributed by atoms with E-state index in [0.717, 1.165) is 0 Å². The minimum atomic E-state index is -0.897. The molecular weight excluding hydrogens is 274 g/mol. The number of nitrogens with one attached hydrogen (secondary N) is 3. The van der Waals surface area contributed by atoms with E-state index in [4.69, 9.17) is 5.11 Å². The van der Waals surface area contributed by atoms with Crippen LogP contribution < -0.4 is 16.0 Å². The van der Waals surface area contributed by atoms with Crippen molar-refractivity contribution < 1.29 is 14.7 Å². The molecule has 0 saturated heterocycles. The third-order valence-corrected chi connectivity index (χ3v) is 2.61. The highest BCUT2D eigenvalue weighted by molar-refractivity contribution is 7.80. The average molecular weight is 295 g/mol. The molecule has 0 rings (SSSR count). The van der Waals surface area contributed by atoms with E-state index in [9.17, 15) is 9.59 Å². The van der Waals surface area contributed by atoms with Crippen molar-refractivity contribution in [1.29, 1.82) is 0 Å². The van der Waals surface area contributed by atoms with E-state index in [2.05, 4.69) is 41.2 Å². The van der Waals surface area contributed by atoms with Crippen LogP contribution in [0.3, 0.4) is 0 Å². The molecule has 0 aromatic rings. The van der Waals surface area contributed by atoms with Gasteiger partial charge in [-0.3, -0.25) is 9.59 Å². The Kier molecular flexibility index (Phi) is 11.4. The summed E-state index contributed by atoms with van der Waals surface area (Å²) >= 11 is 8.00. The number of carboxylic acids is 1. The zero-order valence-electron chi connectivity index (χ0n) is 10.2. The van der Waals surface area contributed by atoms with E-state index in [0.29, 0.717) is 37.6 Å². The molecule has 0 radical (unpaired) electrons. The zero-order chi connectivity index (χ0) is 13.8. The number of hydrogen-bond donors (Lipinski definition) is 6. The molecule has 0 unspecified atom stereocenters. The molecule has 4 N–H and O–H groups in total. The monoisotopic (exact) mass is 295 g/mol. The molecule has 0 aromatic carbocycles. The molecule has 1 atom stereocenters. The lowest BCUT2D eigenvalue weighted by Crippen LogP contribution is -2.43. The number of amides is 1. The second-order valence-electron chi connectivity index (χ2n) is 3.61. The fourth-order valence-electron chi connectivity index (χ4n) is 1.23. The third kappa shape index (κ3) is 9.58. The summed E-state index contributed by atoms with van der Waals surface area (Å²) in [4.78, 5) is 22.1. The van der Waals surface area contributed by atoms with Crippen molar-refractivity contribution in [2.75, 3.05) is 37.7 Å². The van der Waals surface area contributed by atoms with E-state index in [-0.39, 0.29) is 12.5 Å². The fraction of sp³-hybridized carbons (Fsp3) is 0.800. The van der Waals surface area contributed by atoms with Gasteiger partial charge in [-0.1, -0.05) is 0 Å². The maximum absolute atomic E-state index is 11.3. The largest absolute Gasteiger partial charge is 0.480 e. The first-order valence-electron chi connectivity index (χ1n) is 5.77. The van der Waals surface area contributed by atoms with Crippen LogP contribution in [0, 0.1) is 0 Å². The summed E-state index contributed by atoms with van der Waals surface area (Å²) in [5.41, 5.74) is 0. The molecule has 6 nitrogen and oxygen atoms in total. The van der Waals surface area contributed by atoms with Crippen molar-refractivity contribution >= 4 is 37.1 Å². The molecule has 0 saturated carbocycles. The smallest absolute Gasteiger partial charge is 0.320 e. The van der Waals surface area contributed by atoms with Gasteiger partial charge in [-0.2, -0.15) is 25.3 Å². The van der Waals surface area contributed by atoms with Gasteiger partial charge in [0.25, 0.3) is 0 Å². The first-order valence-corrected chi connectivity index (χ1v) is 7.03. The van der Waals surface area contributed by atoms with Crippen LogP contribution in [-0.4, -0.2) is 60.7 Å². The Morgan fingerprint density at radius 3 is 2.39 bits per heavy atom. The lowest BCUT2D eigenvalue weighted by atomic mass is 10.2. The summed E-state index contributed by atoms with van der Waals surface area (Å²) < 4.78 is 0. The Morgan fingerprint density at radius 1 is 1.11 bits per heavy atom. The lowest BCUT2D eigenvalue weighted by molar-refractivity contribution is -0.139. The summed E-state index contributed by atoms with van der Waals surface area (Å²) in [5, 5.41) is 17.3. The molecule has 0 aromatic heterocycles. The van der Waals surface area contributed by atoms with E-state index < -0.39 is 12.0 Å². The van der Waals surface area contributed by atoms with Crippen molar-refractivity contribution in [2.24, 2.45) is 0 Å². The minimum Gasteiger partial charge on any atom is -0.480 e. The average Bonchev–Trinajstić information content (AvgIpc) is 2.33. The second kappa shape index (κ2) is 11.6. The molecule has 0 spiro atoms. The van der Waals surface area contributed by atoms with E-state index >= 15 is 0 Å². The molecule has 106 valence electrons. The Morgan fingerprint density at radius 2 is 1.83 bits per heavy atom. The molecule has 0 bridgehead atoms. The van der Waals surface area contributed by atoms with Crippen molar-refractivity contribution in [3.8, 4) is 0 Å². The predicted octanol–water partition coefficient (Wildman–Crippen LogP) is -1.02. The Balaban J connectivity index is 3.58. The zero-order valence-corrected chi connectivity index (χ0v) is 12.0. The molecule has 0 aliphatic heterocycles. The van der Waals surface area contributed by atoms with Gasteiger partial charge in [0, 0.05) is 25.4 Å². The second-order valence-corrected chi connectivity index (χ2v) is 4.50. The highest BCUT2D eigenvalue weighted by atomic mass is 32.1. The highest BCUT2D eigenvalue weighted by Crippen LogP contribution is 1.93. The topological polar surface area (TPSA) is 90.5 Å². The number of carbonyl (C=O) groups excluding carboxylic acids is 1. The normalized spacial score (nSPS) is 12.1. The molecule has 8 heteroatoms. The molecule has 0 aliphatic rings. The van der Waals surface area contributed by atoms with Crippen LogP contribution in [0.1, 0.15) is 6.42 Å². The molecule has 18 heavy (non-hydrogen) atoms. The van der Waals surface area contributed by atoms with Gasteiger partial charge in [-0.25, -0.2) is 0 Å². The van der Waals surface area contributed by atoms with Crippen LogP contribution >= 0.6 is 25.3 Å². The number of hydrogen-bond acceptors (Lipinski definition) is 6. The van der Waals surface area contributed by atoms with Crippen molar-refractivity contribution in [1.82, 2.24) is 16.0 Å². The Hall–Kier alpha value is -0.440. The van der Waals surface area contributed by atoms with Crippen LogP contribution in [0.15, 0.2) is 0 Å². The maximum atomic E-state index is 11.3. The van der Waals surface area contributed by atoms with Gasteiger partial charge in [0.05, 0.1) is 6.54 Å².